The lowest BCUT2D eigenvalue weighted by atomic mass is 9.96. The molecule has 0 bridgehead atoms. The molecule has 170 valence electrons. The summed E-state index contributed by atoms with van der Waals surface area (Å²) in [4.78, 5) is 14.3. The summed E-state index contributed by atoms with van der Waals surface area (Å²) >= 11 is 1.43. The standard InChI is InChI=1S/C29H22N4OS/c34-29(27-17-10-18-35-27)33-26(19-25(30-33)21-11-4-1-5-12-21)24-20-32(23-15-8-3-9-16-23)31-28(24)22-13-6-2-7-14-22/h1-18,20,26H,19H2/t26-/m1/s1. The predicted molar refractivity (Wildman–Crippen MR) is 140 cm³/mol. The van der Waals surface area contributed by atoms with Crippen LogP contribution in [0.15, 0.2) is 120 Å². The summed E-state index contributed by atoms with van der Waals surface area (Å²) in [6.07, 6.45) is 2.65. The second kappa shape index (κ2) is 9.16. The second-order valence-electron chi connectivity index (χ2n) is 8.34. The van der Waals surface area contributed by atoms with Crippen molar-refractivity contribution in [1.29, 1.82) is 0 Å². The van der Waals surface area contributed by atoms with E-state index in [1.54, 1.807) is 5.01 Å². The third-order valence-corrected chi connectivity index (χ3v) is 6.98. The average Bonchev–Trinajstić information content (AvgIpc) is 3.70. The Morgan fingerprint density at radius 2 is 1.46 bits per heavy atom. The fraction of sp³-hybridized carbons (Fsp3) is 0.0690. The van der Waals surface area contributed by atoms with E-state index in [4.69, 9.17) is 10.2 Å². The van der Waals surface area contributed by atoms with E-state index in [0.29, 0.717) is 11.3 Å². The van der Waals surface area contributed by atoms with Crippen molar-refractivity contribution >= 4 is 23.0 Å². The van der Waals surface area contributed by atoms with Gasteiger partial charge in [-0.1, -0.05) is 84.9 Å². The molecule has 3 heterocycles. The van der Waals surface area contributed by atoms with E-state index in [1.165, 1.54) is 11.3 Å². The predicted octanol–water partition coefficient (Wildman–Crippen LogP) is 6.59. The topological polar surface area (TPSA) is 50.5 Å². The molecule has 35 heavy (non-hydrogen) atoms. The first-order valence-electron chi connectivity index (χ1n) is 11.5. The van der Waals surface area contributed by atoms with Crippen molar-refractivity contribution < 1.29 is 4.79 Å². The number of rotatable bonds is 5. The third-order valence-electron chi connectivity index (χ3n) is 6.13. The zero-order valence-corrected chi connectivity index (χ0v) is 19.7. The lowest BCUT2D eigenvalue weighted by Gasteiger charge is -2.21. The number of para-hydroxylation sites is 1. The number of hydrogen-bond donors (Lipinski definition) is 0. The molecule has 3 aromatic carbocycles. The van der Waals surface area contributed by atoms with Gasteiger partial charge in [-0.2, -0.15) is 10.2 Å². The minimum absolute atomic E-state index is 0.0950. The molecule has 6 heteroatoms. The highest BCUT2D eigenvalue weighted by Gasteiger charge is 2.36. The molecule has 0 unspecified atom stereocenters. The van der Waals surface area contributed by atoms with Crippen LogP contribution in [0.3, 0.4) is 0 Å². The van der Waals surface area contributed by atoms with Gasteiger partial charge in [-0.3, -0.25) is 4.79 Å². The van der Waals surface area contributed by atoms with Crippen molar-refractivity contribution in [2.24, 2.45) is 5.10 Å². The lowest BCUT2D eigenvalue weighted by molar-refractivity contribution is 0.0716. The molecular weight excluding hydrogens is 452 g/mol. The summed E-state index contributed by atoms with van der Waals surface area (Å²) in [6.45, 7) is 0. The van der Waals surface area contributed by atoms with Crippen LogP contribution in [0.4, 0.5) is 0 Å². The normalized spacial score (nSPS) is 15.3. The van der Waals surface area contributed by atoms with E-state index in [0.717, 1.165) is 33.8 Å². The Hall–Kier alpha value is -4.29. The minimum atomic E-state index is -0.271. The molecule has 1 aliphatic rings. The molecule has 0 saturated carbocycles. The molecule has 6 rings (SSSR count). The SMILES string of the molecule is O=C(c1cccs1)N1N=C(c2ccccc2)C[C@@H]1c1cn(-c2ccccc2)nc1-c1ccccc1. The lowest BCUT2D eigenvalue weighted by Crippen LogP contribution is -2.26. The summed E-state index contributed by atoms with van der Waals surface area (Å²) in [5.41, 5.74) is 5.72. The van der Waals surface area contributed by atoms with Gasteiger partial charge in [0.15, 0.2) is 0 Å². The average molecular weight is 475 g/mol. The summed E-state index contributed by atoms with van der Waals surface area (Å²) in [7, 11) is 0. The third kappa shape index (κ3) is 4.09. The Bertz CT molecular complexity index is 1480. The van der Waals surface area contributed by atoms with Crippen LogP contribution in [0.5, 0.6) is 0 Å². The molecule has 0 spiro atoms. The van der Waals surface area contributed by atoms with E-state index in [9.17, 15) is 4.79 Å². The molecule has 0 radical (unpaired) electrons. The fourth-order valence-electron chi connectivity index (χ4n) is 4.42. The molecule has 0 saturated heterocycles. The van der Waals surface area contributed by atoms with E-state index in [-0.39, 0.29) is 11.9 Å². The monoisotopic (exact) mass is 474 g/mol. The van der Waals surface area contributed by atoms with Gasteiger partial charge in [0.25, 0.3) is 5.91 Å². The molecule has 2 aromatic heterocycles. The summed E-state index contributed by atoms with van der Waals surface area (Å²) in [5.74, 6) is -0.0950. The van der Waals surface area contributed by atoms with Crippen LogP contribution in [-0.2, 0) is 0 Å². The molecular formula is C29H22N4OS. The van der Waals surface area contributed by atoms with Crippen LogP contribution in [0, 0.1) is 0 Å². The zero-order chi connectivity index (χ0) is 23.6. The highest BCUT2D eigenvalue weighted by Crippen LogP contribution is 2.39. The largest absolute Gasteiger partial charge is 0.284 e. The maximum Gasteiger partial charge on any atom is 0.284 e. The molecule has 1 atom stereocenters. The van der Waals surface area contributed by atoms with Crippen molar-refractivity contribution in [3.05, 3.63) is 131 Å². The summed E-state index contributed by atoms with van der Waals surface area (Å²) in [6, 6.07) is 33.7. The van der Waals surface area contributed by atoms with Crippen LogP contribution in [0.1, 0.15) is 33.3 Å². The van der Waals surface area contributed by atoms with E-state index in [2.05, 4.69) is 12.1 Å². The molecule has 5 aromatic rings. The maximum absolute atomic E-state index is 13.6. The highest BCUT2D eigenvalue weighted by molar-refractivity contribution is 7.12. The van der Waals surface area contributed by atoms with Crippen molar-refractivity contribution in [2.75, 3.05) is 0 Å². The maximum atomic E-state index is 13.6. The zero-order valence-electron chi connectivity index (χ0n) is 18.9. The van der Waals surface area contributed by atoms with Crippen molar-refractivity contribution in [1.82, 2.24) is 14.8 Å². The second-order valence-corrected chi connectivity index (χ2v) is 9.29. The van der Waals surface area contributed by atoms with Gasteiger partial charge in [-0.05, 0) is 29.1 Å². The summed E-state index contributed by atoms with van der Waals surface area (Å²) in [5, 5.41) is 13.4. The number of aromatic nitrogens is 2. The van der Waals surface area contributed by atoms with Crippen molar-refractivity contribution in [3.63, 3.8) is 0 Å². The molecule has 0 N–H and O–H groups in total. The number of thiophene rings is 1. The van der Waals surface area contributed by atoms with Gasteiger partial charge in [0, 0.05) is 23.7 Å². The Morgan fingerprint density at radius 3 is 2.11 bits per heavy atom. The smallest absolute Gasteiger partial charge is 0.266 e. The molecule has 1 aliphatic heterocycles. The Labute approximate surface area is 207 Å². The van der Waals surface area contributed by atoms with Crippen LogP contribution < -0.4 is 0 Å². The van der Waals surface area contributed by atoms with Crippen LogP contribution >= 0.6 is 11.3 Å². The Morgan fingerprint density at radius 1 is 0.800 bits per heavy atom. The van der Waals surface area contributed by atoms with Gasteiger partial charge in [-0.15, -0.1) is 11.3 Å². The van der Waals surface area contributed by atoms with Crippen molar-refractivity contribution in [3.8, 4) is 16.9 Å². The minimum Gasteiger partial charge on any atom is -0.266 e. The molecule has 1 amide bonds. The Kier molecular flexibility index (Phi) is 5.56. The van der Waals surface area contributed by atoms with Gasteiger partial charge in [0.05, 0.1) is 28.0 Å². The highest BCUT2D eigenvalue weighted by atomic mass is 32.1. The van der Waals surface area contributed by atoms with E-state index >= 15 is 0 Å². The van der Waals surface area contributed by atoms with Gasteiger partial charge < -0.3 is 0 Å². The number of hydrazone groups is 1. The number of carbonyl (C=O) groups excluding carboxylic acids is 1. The van der Waals surface area contributed by atoms with Gasteiger partial charge in [0.1, 0.15) is 0 Å². The van der Waals surface area contributed by atoms with Gasteiger partial charge in [0.2, 0.25) is 0 Å². The number of hydrogen-bond acceptors (Lipinski definition) is 4. The number of amides is 1. The van der Waals surface area contributed by atoms with Crippen LogP contribution in [0.2, 0.25) is 0 Å². The van der Waals surface area contributed by atoms with E-state index < -0.39 is 0 Å². The molecule has 0 aliphatic carbocycles. The summed E-state index contributed by atoms with van der Waals surface area (Å²) < 4.78 is 1.89. The first kappa shape index (κ1) is 21.3. The van der Waals surface area contributed by atoms with Crippen molar-refractivity contribution in [2.45, 2.75) is 12.5 Å². The number of carbonyl (C=O) groups is 1. The fourth-order valence-corrected chi connectivity index (χ4v) is 5.08. The van der Waals surface area contributed by atoms with Gasteiger partial charge in [-0.25, -0.2) is 9.69 Å². The molecule has 0 fully saturated rings. The first-order chi connectivity index (χ1) is 17.3. The van der Waals surface area contributed by atoms with Crippen LogP contribution in [-0.4, -0.2) is 26.4 Å². The number of benzene rings is 3. The first-order valence-corrected chi connectivity index (χ1v) is 12.4. The quantitative estimate of drug-likeness (QED) is 0.288. The van der Waals surface area contributed by atoms with Gasteiger partial charge >= 0.3 is 0 Å². The number of nitrogens with zero attached hydrogens (tertiary/aromatic N) is 4. The van der Waals surface area contributed by atoms with E-state index in [1.807, 2.05) is 107 Å². The van der Waals surface area contributed by atoms with Crippen LogP contribution in [0.25, 0.3) is 16.9 Å². The molecule has 5 nitrogen and oxygen atoms in total. The Balaban J connectivity index is 1.49.